The fraction of sp³-hybridized carbons (Fsp3) is 0.333. The molecule has 2 aromatic carbocycles. The van der Waals surface area contributed by atoms with Crippen molar-refractivity contribution in [1.82, 2.24) is 15.1 Å². The molecular formula is C24H27N3O5. The highest BCUT2D eigenvalue weighted by Gasteiger charge is 2.43. The van der Waals surface area contributed by atoms with E-state index in [2.05, 4.69) is 10.2 Å². The quantitative estimate of drug-likeness (QED) is 0.514. The van der Waals surface area contributed by atoms with E-state index in [0.717, 1.165) is 28.1 Å². The molecule has 1 N–H and O–H groups in total. The number of carbonyl (C=O) groups is 1. The molecule has 0 saturated carbocycles. The van der Waals surface area contributed by atoms with Crippen LogP contribution in [0.1, 0.15) is 34.1 Å². The zero-order valence-corrected chi connectivity index (χ0v) is 18.7. The minimum atomic E-state index is -0.379. The van der Waals surface area contributed by atoms with E-state index >= 15 is 0 Å². The fourth-order valence-electron chi connectivity index (χ4n) is 4.15. The van der Waals surface area contributed by atoms with Gasteiger partial charge in [-0.15, -0.1) is 0 Å². The van der Waals surface area contributed by atoms with Gasteiger partial charge in [0, 0.05) is 37.0 Å². The summed E-state index contributed by atoms with van der Waals surface area (Å²) in [6.45, 7) is 1.09. The number of nitrogens with zero attached hydrogens (tertiary/aromatic N) is 2. The first-order valence-electron chi connectivity index (χ1n) is 10.4. The molecule has 0 radical (unpaired) electrons. The summed E-state index contributed by atoms with van der Waals surface area (Å²) in [4.78, 5) is 15.2. The number of rotatable bonds is 9. The number of methoxy groups -OCH3 is 4. The summed E-state index contributed by atoms with van der Waals surface area (Å²) in [5, 5.41) is 7.48. The van der Waals surface area contributed by atoms with Crippen molar-refractivity contribution in [2.75, 3.05) is 41.6 Å². The average Bonchev–Trinajstić information content (AvgIpc) is 3.38. The van der Waals surface area contributed by atoms with Crippen molar-refractivity contribution in [2.45, 2.75) is 12.5 Å². The van der Waals surface area contributed by atoms with Crippen molar-refractivity contribution < 1.29 is 23.7 Å². The second-order valence-electron chi connectivity index (χ2n) is 7.44. The molecule has 0 aliphatic carbocycles. The van der Waals surface area contributed by atoms with Crippen LogP contribution in [0.15, 0.2) is 42.5 Å². The van der Waals surface area contributed by atoms with Gasteiger partial charge in [0.2, 0.25) is 0 Å². The number of amides is 1. The number of benzene rings is 2. The molecule has 32 heavy (non-hydrogen) atoms. The summed E-state index contributed by atoms with van der Waals surface area (Å²) in [6.07, 6.45) is 0.709. The lowest BCUT2D eigenvalue weighted by atomic mass is 9.95. The molecule has 1 amide bonds. The van der Waals surface area contributed by atoms with Gasteiger partial charge in [-0.05, 0) is 48.9 Å². The SMILES string of the molecule is COCCCN1C(=O)c2[nH]nc(-c3ccc(OC)cc3)c2C1c1cc(OC)ccc1OC. The number of fused-ring (bicyclic) bond motifs is 1. The smallest absolute Gasteiger partial charge is 0.273 e. The molecule has 8 heteroatoms. The number of hydrogen-bond acceptors (Lipinski definition) is 6. The third-order valence-electron chi connectivity index (χ3n) is 5.71. The van der Waals surface area contributed by atoms with E-state index < -0.39 is 0 Å². The number of ether oxygens (including phenoxy) is 4. The van der Waals surface area contributed by atoms with Crippen LogP contribution < -0.4 is 14.2 Å². The van der Waals surface area contributed by atoms with Gasteiger partial charge >= 0.3 is 0 Å². The van der Waals surface area contributed by atoms with Crippen LogP contribution >= 0.6 is 0 Å². The first kappa shape index (κ1) is 21.7. The van der Waals surface area contributed by atoms with E-state index in [1.54, 1.807) is 28.4 Å². The Balaban J connectivity index is 1.86. The molecule has 1 aliphatic heterocycles. The lowest BCUT2D eigenvalue weighted by Crippen LogP contribution is -2.31. The number of H-pyrrole nitrogens is 1. The molecule has 168 valence electrons. The maximum Gasteiger partial charge on any atom is 0.273 e. The molecule has 4 rings (SSSR count). The third-order valence-corrected chi connectivity index (χ3v) is 5.71. The molecule has 1 atom stereocenters. The van der Waals surface area contributed by atoms with Crippen molar-refractivity contribution in [3.05, 3.63) is 59.3 Å². The normalized spacial score (nSPS) is 15.1. The molecule has 0 spiro atoms. The Kier molecular flexibility index (Phi) is 6.32. The minimum Gasteiger partial charge on any atom is -0.497 e. The zero-order valence-electron chi connectivity index (χ0n) is 18.7. The van der Waals surface area contributed by atoms with E-state index in [9.17, 15) is 4.79 Å². The van der Waals surface area contributed by atoms with Gasteiger partial charge in [-0.25, -0.2) is 0 Å². The summed E-state index contributed by atoms with van der Waals surface area (Å²) in [6, 6.07) is 12.9. The monoisotopic (exact) mass is 437 g/mol. The zero-order chi connectivity index (χ0) is 22.7. The largest absolute Gasteiger partial charge is 0.497 e. The Labute approximate surface area is 187 Å². The summed E-state index contributed by atoms with van der Waals surface area (Å²) in [7, 11) is 6.53. The molecular weight excluding hydrogens is 410 g/mol. The predicted molar refractivity (Wildman–Crippen MR) is 119 cm³/mol. The first-order chi connectivity index (χ1) is 15.6. The molecule has 8 nitrogen and oxygen atoms in total. The summed E-state index contributed by atoms with van der Waals surface area (Å²) in [5.74, 6) is 2.02. The summed E-state index contributed by atoms with van der Waals surface area (Å²) >= 11 is 0. The Morgan fingerprint density at radius 3 is 2.34 bits per heavy atom. The van der Waals surface area contributed by atoms with Crippen molar-refractivity contribution in [2.24, 2.45) is 0 Å². The van der Waals surface area contributed by atoms with Crippen LogP contribution in [-0.2, 0) is 4.74 Å². The second-order valence-corrected chi connectivity index (χ2v) is 7.44. The Hall–Kier alpha value is -3.52. The average molecular weight is 437 g/mol. The molecule has 1 aliphatic rings. The maximum atomic E-state index is 13.4. The van der Waals surface area contributed by atoms with E-state index in [1.165, 1.54) is 0 Å². The van der Waals surface area contributed by atoms with Gasteiger partial charge in [0.25, 0.3) is 5.91 Å². The predicted octanol–water partition coefficient (Wildman–Crippen LogP) is 3.68. The van der Waals surface area contributed by atoms with Crippen LogP contribution in [0.3, 0.4) is 0 Å². The fourth-order valence-corrected chi connectivity index (χ4v) is 4.15. The second kappa shape index (κ2) is 9.32. The van der Waals surface area contributed by atoms with Crippen LogP contribution in [0, 0.1) is 0 Å². The van der Waals surface area contributed by atoms with Crippen LogP contribution in [-0.4, -0.2) is 62.6 Å². The van der Waals surface area contributed by atoms with Gasteiger partial charge in [0.1, 0.15) is 22.9 Å². The molecule has 0 fully saturated rings. The van der Waals surface area contributed by atoms with Crippen molar-refractivity contribution >= 4 is 5.91 Å². The van der Waals surface area contributed by atoms with Gasteiger partial charge in [-0.3, -0.25) is 9.89 Å². The van der Waals surface area contributed by atoms with Crippen LogP contribution in [0.2, 0.25) is 0 Å². The van der Waals surface area contributed by atoms with Crippen molar-refractivity contribution in [1.29, 1.82) is 0 Å². The van der Waals surface area contributed by atoms with Gasteiger partial charge in [0.15, 0.2) is 0 Å². The van der Waals surface area contributed by atoms with E-state index in [4.69, 9.17) is 18.9 Å². The number of aromatic nitrogens is 2. The molecule has 0 saturated heterocycles. The van der Waals surface area contributed by atoms with Gasteiger partial charge in [0.05, 0.1) is 33.1 Å². The van der Waals surface area contributed by atoms with Crippen LogP contribution in [0.25, 0.3) is 11.3 Å². The number of aromatic amines is 1. The number of nitrogens with one attached hydrogen (secondary N) is 1. The highest BCUT2D eigenvalue weighted by molar-refractivity contribution is 6.00. The van der Waals surface area contributed by atoms with Gasteiger partial charge in [-0.2, -0.15) is 5.10 Å². The first-order valence-corrected chi connectivity index (χ1v) is 10.4. The Morgan fingerprint density at radius 1 is 0.969 bits per heavy atom. The summed E-state index contributed by atoms with van der Waals surface area (Å²) < 4.78 is 21.6. The van der Waals surface area contributed by atoms with Crippen LogP contribution in [0.4, 0.5) is 0 Å². The standard InChI is InChI=1S/C24H27N3O5/c1-29-13-5-12-27-23(18-14-17(31-3)10-11-19(18)32-4)20-21(25-26-22(20)24(27)28)15-6-8-16(30-2)9-7-15/h6-11,14,23H,5,12-13H2,1-4H3,(H,25,26). The third kappa shape index (κ3) is 3.78. The minimum absolute atomic E-state index is 0.0989. The summed E-state index contributed by atoms with van der Waals surface area (Å²) in [5.41, 5.74) is 3.77. The molecule has 0 bridgehead atoms. The lowest BCUT2D eigenvalue weighted by molar-refractivity contribution is 0.0721. The molecule has 1 aromatic heterocycles. The lowest BCUT2D eigenvalue weighted by Gasteiger charge is -2.27. The molecule has 2 heterocycles. The molecule has 3 aromatic rings. The highest BCUT2D eigenvalue weighted by atomic mass is 16.5. The van der Waals surface area contributed by atoms with E-state index in [-0.39, 0.29) is 11.9 Å². The van der Waals surface area contributed by atoms with Crippen molar-refractivity contribution in [3.63, 3.8) is 0 Å². The number of carbonyl (C=O) groups excluding carboxylic acids is 1. The highest BCUT2D eigenvalue weighted by Crippen LogP contribution is 2.46. The topological polar surface area (TPSA) is 85.9 Å². The Morgan fingerprint density at radius 2 is 1.69 bits per heavy atom. The van der Waals surface area contributed by atoms with Gasteiger partial charge in [-0.1, -0.05) is 0 Å². The maximum absolute atomic E-state index is 13.4. The van der Waals surface area contributed by atoms with E-state index in [0.29, 0.717) is 36.8 Å². The Bertz CT molecular complexity index is 1090. The van der Waals surface area contributed by atoms with Gasteiger partial charge < -0.3 is 23.8 Å². The number of hydrogen-bond donors (Lipinski definition) is 1. The van der Waals surface area contributed by atoms with Crippen LogP contribution in [0.5, 0.6) is 17.2 Å². The van der Waals surface area contributed by atoms with E-state index in [1.807, 2.05) is 47.4 Å². The molecule has 1 unspecified atom stereocenters. The van der Waals surface area contributed by atoms with Crippen molar-refractivity contribution in [3.8, 4) is 28.5 Å².